The second-order valence-corrected chi connectivity index (χ2v) is 10.2. The Bertz CT molecular complexity index is 1600. The molecule has 5 aromatic rings. The Hall–Kier alpha value is -4.55. The standard InChI is InChI=1S/C32H31N5O6/c38-37(39)28-30(42-19-25-14-8-3-9-15-25)29(41-18-24-12-6-2-7-13-24)27(20-40-17-23-10-4-1-5-11-23)43-32(28)36-22-35-26-16-33-21-34-31(26)36/h1-16,21-22,27-30,32H,17-20H2/t27-,28-,29+,30-,32-/m1/s1. The summed E-state index contributed by atoms with van der Waals surface area (Å²) in [4.78, 5) is 25.2. The van der Waals surface area contributed by atoms with Crippen molar-refractivity contribution < 1.29 is 23.9 Å². The minimum atomic E-state index is -1.35. The first-order valence-electron chi connectivity index (χ1n) is 14.0. The quantitative estimate of drug-likeness (QED) is 0.152. The van der Waals surface area contributed by atoms with Gasteiger partial charge in [-0.1, -0.05) is 91.0 Å². The van der Waals surface area contributed by atoms with Crippen LogP contribution in [0.1, 0.15) is 22.9 Å². The zero-order valence-electron chi connectivity index (χ0n) is 23.3. The second-order valence-electron chi connectivity index (χ2n) is 10.2. The van der Waals surface area contributed by atoms with Crippen molar-refractivity contribution in [3.63, 3.8) is 0 Å². The van der Waals surface area contributed by atoms with E-state index < -0.39 is 30.6 Å². The highest BCUT2D eigenvalue weighted by molar-refractivity contribution is 5.69. The normalized spacial score (nSPS) is 22.0. The Morgan fingerprint density at radius 1 is 0.791 bits per heavy atom. The summed E-state index contributed by atoms with van der Waals surface area (Å²) in [6.45, 7) is 0.818. The van der Waals surface area contributed by atoms with E-state index in [2.05, 4.69) is 15.0 Å². The number of hydrogen-bond acceptors (Lipinski definition) is 9. The molecule has 11 heteroatoms. The first-order chi connectivity index (χ1) is 21.2. The second kappa shape index (κ2) is 13.6. The van der Waals surface area contributed by atoms with Crippen LogP contribution in [-0.2, 0) is 38.8 Å². The highest BCUT2D eigenvalue weighted by atomic mass is 16.7. The summed E-state index contributed by atoms with van der Waals surface area (Å²) in [6, 6.07) is 27.6. The lowest BCUT2D eigenvalue weighted by molar-refractivity contribution is -0.568. The van der Waals surface area contributed by atoms with Crippen LogP contribution in [0.5, 0.6) is 0 Å². The summed E-state index contributed by atoms with van der Waals surface area (Å²) in [7, 11) is 0. The van der Waals surface area contributed by atoms with Crippen molar-refractivity contribution in [2.24, 2.45) is 0 Å². The Morgan fingerprint density at radius 2 is 1.37 bits per heavy atom. The van der Waals surface area contributed by atoms with Gasteiger partial charge in [0.2, 0.25) is 6.23 Å². The van der Waals surface area contributed by atoms with Gasteiger partial charge in [0, 0.05) is 4.92 Å². The molecule has 6 rings (SSSR count). The number of rotatable bonds is 12. The number of aromatic nitrogens is 4. The van der Waals surface area contributed by atoms with Gasteiger partial charge in [-0.25, -0.2) is 15.0 Å². The van der Waals surface area contributed by atoms with Crippen molar-refractivity contribution in [3.8, 4) is 0 Å². The third-order valence-corrected chi connectivity index (χ3v) is 7.35. The van der Waals surface area contributed by atoms with Crippen LogP contribution in [0.4, 0.5) is 0 Å². The maximum absolute atomic E-state index is 12.8. The Labute approximate surface area is 248 Å². The highest BCUT2D eigenvalue weighted by Gasteiger charge is 2.55. The maximum Gasteiger partial charge on any atom is 0.285 e. The first-order valence-corrected chi connectivity index (χ1v) is 14.0. The molecule has 0 spiro atoms. The lowest BCUT2D eigenvalue weighted by Gasteiger charge is -2.42. The van der Waals surface area contributed by atoms with Crippen molar-refractivity contribution in [1.82, 2.24) is 19.5 Å². The molecule has 3 heterocycles. The van der Waals surface area contributed by atoms with Crippen molar-refractivity contribution >= 4 is 11.2 Å². The molecule has 1 fully saturated rings. The van der Waals surface area contributed by atoms with Crippen LogP contribution >= 0.6 is 0 Å². The molecule has 3 aromatic carbocycles. The minimum Gasteiger partial charge on any atom is -0.374 e. The molecule has 0 amide bonds. The van der Waals surface area contributed by atoms with E-state index in [0.717, 1.165) is 16.7 Å². The van der Waals surface area contributed by atoms with Gasteiger partial charge in [0.15, 0.2) is 11.8 Å². The zero-order chi connectivity index (χ0) is 29.4. The fraction of sp³-hybridized carbons (Fsp3) is 0.281. The summed E-state index contributed by atoms with van der Waals surface area (Å²) in [5.74, 6) is 0. The van der Waals surface area contributed by atoms with Gasteiger partial charge in [-0.05, 0) is 16.7 Å². The number of ether oxygens (including phenoxy) is 4. The summed E-state index contributed by atoms with van der Waals surface area (Å²) in [5.41, 5.74) is 3.71. The van der Waals surface area contributed by atoms with Crippen molar-refractivity contribution in [2.75, 3.05) is 6.61 Å². The molecule has 5 atom stereocenters. The van der Waals surface area contributed by atoms with Crippen LogP contribution in [0.2, 0.25) is 0 Å². The van der Waals surface area contributed by atoms with Crippen LogP contribution in [0.15, 0.2) is 110 Å². The van der Waals surface area contributed by atoms with Gasteiger partial charge in [-0.3, -0.25) is 14.7 Å². The summed E-state index contributed by atoms with van der Waals surface area (Å²) < 4.78 is 27.1. The molecule has 2 aromatic heterocycles. The molecule has 1 aliphatic rings. The van der Waals surface area contributed by atoms with Crippen molar-refractivity contribution in [1.29, 1.82) is 0 Å². The van der Waals surface area contributed by atoms with Crippen LogP contribution in [0, 0.1) is 10.1 Å². The van der Waals surface area contributed by atoms with Gasteiger partial charge in [-0.15, -0.1) is 0 Å². The van der Waals surface area contributed by atoms with Crippen LogP contribution in [0.3, 0.4) is 0 Å². The molecular formula is C32H31N5O6. The lowest BCUT2D eigenvalue weighted by atomic mass is 9.95. The molecule has 0 bridgehead atoms. The number of nitro groups is 1. The van der Waals surface area contributed by atoms with E-state index in [0.29, 0.717) is 17.8 Å². The zero-order valence-corrected chi connectivity index (χ0v) is 23.3. The SMILES string of the molecule is O=[N+]([O-])[C@@H]1[C@@H](OCc2ccccc2)[C@@H](OCc2ccccc2)[C@@H](COCc2ccccc2)O[C@H]1n1cnc2cncnc21. The number of hydrogen-bond donors (Lipinski definition) is 0. The number of nitrogens with zero attached hydrogens (tertiary/aromatic N) is 5. The molecule has 220 valence electrons. The van der Waals surface area contributed by atoms with E-state index in [1.54, 1.807) is 10.8 Å². The smallest absolute Gasteiger partial charge is 0.285 e. The van der Waals surface area contributed by atoms with E-state index in [9.17, 15) is 10.1 Å². The fourth-order valence-electron chi connectivity index (χ4n) is 5.26. The number of fused-ring (bicyclic) bond motifs is 1. The Balaban J connectivity index is 1.35. The largest absolute Gasteiger partial charge is 0.374 e. The third kappa shape index (κ3) is 6.76. The molecule has 43 heavy (non-hydrogen) atoms. The highest BCUT2D eigenvalue weighted by Crippen LogP contribution is 2.36. The summed E-state index contributed by atoms with van der Waals surface area (Å²) >= 11 is 0. The van der Waals surface area contributed by atoms with Gasteiger partial charge in [-0.2, -0.15) is 0 Å². The van der Waals surface area contributed by atoms with E-state index in [-0.39, 0.29) is 24.7 Å². The maximum atomic E-state index is 12.8. The molecule has 0 saturated carbocycles. The molecule has 11 nitrogen and oxygen atoms in total. The van der Waals surface area contributed by atoms with Crippen LogP contribution < -0.4 is 0 Å². The van der Waals surface area contributed by atoms with Crippen LogP contribution in [0.25, 0.3) is 11.2 Å². The molecule has 0 aliphatic carbocycles. The van der Waals surface area contributed by atoms with Gasteiger partial charge in [0.05, 0.1) is 39.0 Å². The minimum absolute atomic E-state index is 0.113. The number of imidazole rings is 1. The van der Waals surface area contributed by atoms with Gasteiger partial charge < -0.3 is 18.9 Å². The molecule has 0 unspecified atom stereocenters. The van der Waals surface area contributed by atoms with E-state index in [1.807, 2.05) is 91.0 Å². The Kier molecular flexibility index (Phi) is 9.04. The summed E-state index contributed by atoms with van der Waals surface area (Å²) in [5, 5.41) is 12.8. The molecular weight excluding hydrogens is 550 g/mol. The average Bonchev–Trinajstić information content (AvgIpc) is 3.48. The molecule has 1 aliphatic heterocycles. The van der Waals surface area contributed by atoms with Crippen LogP contribution in [-0.4, -0.2) is 55.4 Å². The monoisotopic (exact) mass is 581 g/mol. The van der Waals surface area contributed by atoms with Crippen molar-refractivity contribution in [2.45, 2.75) is 50.4 Å². The van der Waals surface area contributed by atoms with E-state index in [1.165, 1.54) is 12.7 Å². The molecule has 0 radical (unpaired) electrons. The third-order valence-electron chi connectivity index (χ3n) is 7.35. The average molecular weight is 582 g/mol. The molecule has 1 saturated heterocycles. The Morgan fingerprint density at radius 3 is 1.98 bits per heavy atom. The number of benzene rings is 3. The van der Waals surface area contributed by atoms with E-state index >= 15 is 0 Å². The van der Waals surface area contributed by atoms with Crippen molar-refractivity contribution in [3.05, 3.63) is 137 Å². The predicted octanol–water partition coefficient (Wildman–Crippen LogP) is 4.76. The van der Waals surface area contributed by atoms with E-state index in [4.69, 9.17) is 18.9 Å². The first kappa shape index (κ1) is 28.6. The summed E-state index contributed by atoms with van der Waals surface area (Å²) in [6.07, 6.45) is 0.782. The van der Waals surface area contributed by atoms with Gasteiger partial charge in [0.25, 0.3) is 6.04 Å². The van der Waals surface area contributed by atoms with Gasteiger partial charge in [0.1, 0.15) is 24.1 Å². The molecule has 0 N–H and O–H groups in total. The topological polar surface area (TPSA) is 124 Å². The predicted molar refractivity (Wildman–Crippen MR) is 156 cm³/mol. The fourth-order valence-corrected chi connectivity index (χ4v) is 5.26. The van der Waals surface area contributed by atoms with Gasteiger partial charge >= 0.3 is 0 Å². The lowest BCUT2D eigenvalue weighted by Crippen LogP contribution is -2.60.